The second-order valence-electron chi connectivity index (χ2n) is 6.64. The Bertz CT molecular complexity index is 401. The second kappa shape index (κ2) is 7.12. The maximum Gasteiger partial charge on any atom is 0.0368 e. The van der Waals surface area contributed by atoms with Crippen LogP contribution in [0.5, 0.6) is 0 Å². The van der Waals surface area contributed by atoms with E-state index in [4.69, 9.17) is 0 Å². The number of piperidine rings is 1. The Morgan fingerprint density at radius 2 is 1.95 bits per heavy atom. The first-order chi connectivity index (χ1) is 9.56. The van der Waals surface area contributed by atoms with Crippen molar-refractivity contribution in [3.63, 3.8) is 0 Å². The van der Waals surface area contributed by atoms with E-state index in [0.29, 0.717) is 0 Å². The van der Waals surface area contributed by atoms with Crippen LogP contribution in [0, 0.1) is 25.7 Å². The highest BCUT2D eigenvalue weighted by Gasteiger charge is 2.19. The number of benzene rings is 1. The summed E-state index contributed by atoms with van der Waals surface area (Å²) in [6.07, 6.45) is 4.04. The average Bonchev–Trinajstić information content (AvgIpc) is 2.44. The number of nitrogens with one attached hydrogen (secondary N) is 1. The number of rotatable bonds is 5. The molecule has 1 aliphatic heterocycles. The summed E-state index contributed by atoms with van der Waals surface area (Å²) in [7, 11) is 2.22. The van der Waals surface area contributed by atoms with Crippen LogP contribution in [-0.2, 0) is 0 Å². The van der Waals surface area contributed by atoms with Gasteiger partial charge in [-0.25, -0.2) is 0 Å². The monoisotopic (exact) mass is 274 g/mol. The number of hydrogen-bond acceptors (Lipinski definition) is 2. The average molecular weight is 274 g/mol. The molecule has 0 aliphatic carbocycles. The quantitative estimate of drug-likeness (QED) is 0.879. The van der Waals surface area contributed by atoms with Crippen LogP contribution < -0.4 is 10.2 Å². The summed E-state index contributed by atoms with van der Waals surface area (Å²) < 4.78 is 0. The topological polar surface area (TPSA) is 15.3 Å². The number of nitrogens with zero attached hydrogens (tertiary/aromatic N) is 1. The SMILES string of the molecule is Cc1cc(C)cc(N(C)CCC(C)C2CCCNC2)c1. The van der Waals surface area contributed by atoms with Crippen LogP contribution in [0.25, 0.3) is 0 Å². The van der Waals surface area contributed by atoms with Gasteiger partial charge in [0.25, 0.3) is 0 Å². The molecule has 0 aromatic heterocycles. The van der Waals surface area contributed by atoms with E-state index in [1.807, 2.05) is 0 Å². The molecule has 2 unspecified atom stereocenters. The van der Waals surface area contributed by atoms with Gasteiger partial charge in [0, 0.05) is 19.3 Å². The molecule has 0 amide bonds. The van der Waals surface area contributed by atoms with Crippen molar-refractivity contribution in [3.8, 4) is 0 Å². The molecule has 1 aromatic rings. The Labute approximate surface area is 124 Å². The van der Waals surface area contributed by atoms with E-state index in [2.05, 4.69) is 56.2 Å². The van der Waals surface area contributed by atoms with Crippen molar-refractivity contribution in [2.45, 2.75) is 40.0 Å². The lowest BCUT2D eigenvalue weighted by Crippen LogP contribution is -2.34. The number of hydrogen-bond donors (Lipinski definition) is 1. The van der Waals surface area contributed by atoms with Crippen LogP contribution in [-0.4, -0.2) is 26.7 Å². The highest BCUT2D eigenvalue weighted by molar-refractivity contribution is 5.50. The molecule has 0 radical (unpaired) electrons. The number of anilines is 1. The largest absolute Gasteiger partial charge is 0.375 e. The van der Waals surface area contributed by atoms with Crippen LogP contribution >= 0.6 is 0 Å². The maximum atomic E-state index is 3.54. The molecular weight excluding hydrogens is 244 g/mol. The van der Waals surface area contributed by atoms with E-state index in [1.54, 1.807) is 0 Å². The molecule has 0 bridgehead atoms. The third-order valence-electron chi connectivity index (χ3n) is 4.71. The molecule has 1 aliphatic rings. The molecule has 1 heterocycles. The van der Waals surface area contributed by atoms with Crippen molar-refractivity contribution in [1.29, 1.82) is 0 Å². The zero-order valence-electron chi connectivity index (χ0n) is 13.6. The molecule has 20 heavy (non-hydrogen) atoms. The van der Waals surface area contributed by atoms with Gasteiger partial charge in [0.15, 0.2) is 0 Å². The first-order valence-electron chi connectivity index (χ1n) is 8.06. The van der Waals surface area contributed by atoms with E-state index >= 15 is 0 Å². The molecule has 2 atom stereocenters. The van der Waals surface area contributed by atoms with Gasteiger partial charge in [0.05, 0.1) is 0 Å². The van der Waals surface area contributed by atoms with Gasteiger partial charge in [0.1, 0.15) is 0 Å². The van der Waals surface area contributed by atoms with Gasteiger partial charge < -0.3 is 10.2 Å². The predicted molar refractivity (Wildman–Crippen MR) is 88.6 cm³/mol. The van der Waals surface area contributed by atoms with E-state index in [1.165, 1.54) is 49.2 Å². The van der Waals surface area contributed by atoms with Crippen molar-refractivity contribution in [1.82, 2.24) is 5.32 Å². The molecule has 2 nitrogen and oxygen atoms in total. The molecule has 2 rings (SSSR count). The van der Waals surface area contributed by atoms with E-state index in [-0.39, 0.29) is 0 Å². The fourth-order valence-corrected chi connectivity index (χ4v) is 3.30. The van der Waals surface area contributed by atoms with Gasteiger partial charge in [0.2, 0.25) is 0 Å². The summed E-state index contributed by atoms with van der Waals surface area (Å²) in [4.78, 5) is 2.41. The minimum Gasteiger partial charge on any atom is -0.375 e. The molecule has 112 valence electrons. The lowest BCUT2D eigenvalue weighted by Gasteiger charge is -2.30. The molecule has 0 spiro atoms. The van der Waals surface area contributed by atoms with Crippen molar-refractivity contribution in [3.05, 3.63) is 29.3 Å². The highest BCUT2D eigenvalue weighted by Crippen LogP contribution is 2.24. The smallest absolute Gasteiger partial charge is 0.0368 e. The van der Waals surface area contributed by atoms with E-state index in [9.17, 15) is 0 Å². The molecule has 1 aromatic carbocycles. The van der Waals surface area contributed by atoms with E-state index in [0.717, 1.165) is 18.4 Å². The third-order valence-corrected chi connectivity index (χ3v) is 4.71. The number of aryl methyl sites for hydroxylation is 2. The fourth-order valence-electron chi connectivity index (χ4n) is 3.30. The molecule has 0 saturated carbocycles. The zero-order chi connectivity index (χ0) is 14.5. The van der Waals surface area contributed by atoms with Gasteiger partial charge in [-0.05, 0) is 81.3 Å². The van der Waals surface area contributed by atoms with Crippen LogP contribution in [0.1, 0.15) is 37.3 Å². The lowest BCUT2D eigenvalue weighted by atomic mass is 9.85. The van der Waals surface area contributed by atoms with Gasteiger partial charge in [-0.3, -0.25) is 0 Å². The molecule has 2 heteroatoms. The van der Waals surface area contributed by atoms with Crippen LogP contribution in [0.15, 0.2) is 18.2 Å². The van der Waals surface area contributed by atoms with Crippen molar-refractivity contribution in [2.75, 3.05) is 31.6 Å². The van der Waals surface area contributed by atoms with Crippen LogP contribution in [0.2, 0.25) is 0 Å². The molecule has 1 saturated heterocycles. The Kier molecular flexibility index (Phi) is 5.47. The Morgan fingerprint density at radius 3 is 2.55 bits per heavy atom. The zero-order valence-corrected chi connectivity index (χ0v) is 13.6. The van der Waals surface area contributed by atoms with Gasteiger partial charge >= 0.3 is 0 Å². The fraction of sp³-hybridized carbons (Fsp3) is 0.667. The predicted octanol–water partition coefficient (Wildman–Crippen LogP) is 3.77. The minimum absolute atomic E-state index is 0.816. The summed E-state index contributed by atoms with van der Waals surface area (Å²) in [6.45, 7) is 10.4. The maximum absolute atomic E-state index is 3.54. The lowest BCUT2D eigenvalue weighted by molar-refractivity contribution is 0.270. The molecule has 1 fully saturated rings. The van der Waals surface area contributed by atoms with Gasteiger partial charge in [-0.1, -0.05) is 13.0 Å². The first-order valence-corrected chi connectivity index (χ1v) is 8.06. The summed E-state index contributed by atoms with van der Waals surface area (Å²) in [5, 5.41) is 3.54. The Hall–Kier alpha value is -1.02. The molecular formula is C18H30N2. The van der Waals surface area contributed by atoms with Crippen molar-refractivity contribution in [2.24, 2.45) is 11.8 Å². The standard InChI is InChI=1S/C18H30N2/c1-14-10-15(2)12-18(11-14)20(4)9-7-16(3)17-6-5-8-19-13-17/h10-12,16-17,19H,5-9,13H2,1-4H3. The Morgan fingerprint density at radius 1 is 1.25 bits per heavy atom. The second-order valence-corrected chi connectivity index (χ2v) is 6.64. The van der Waals surface area contributed by atoms with E-state index < -0.39 is 0 Å². The van der Waals surface area contributed by atoms with Crippen molar-refractivity contribution >= 4 is 5.69 Å². The first kappa shape index (κ1) is 15.4. The Balaban J connectivity index is 1.86. The normalized spacial score (nSPS) is 20.7. The summed E-state index contributed by atoms with van der Waals surface area (Å²) in [5.41, 5.74) is 4.07. The highest BCUT2D eigenvalue weighted by atomic mass is 15.1. The summed E-state index contributed by atoms with van der Waals surface area (Å²) >= 11 is 0. The van der Waals surface area contributed by atoms with Gasteiger partial charge in [-0.2, -0.15) is 0 Å². The van der Waals surface area contributed by atoms with Gasteiger partial charge in [-0.15, -0.1) is 0 Å². The van der Waals surface area contributed by atoms with Crippen LogP contribution in [0.4, 0.5) is 5.69 Å². The van der Waals surface area contributed by atoms with Crippen molar-refractivity contribution < 1.29 is 0 Å². The minimum atomic E-state index is 0.816. The summed E-state index contributed by atoms with van der Waals surface area (Å²) in [5.74, 6) is 1.69. The third kappa shape index (κ3) is 4.24. The van der Waals surface area contributed by atoms with Crippen LogP contribution in [0.3, 0.4) is 0 Å². The summed E-state index contributed by atoms with van der Waals surface area (Å²) in [6, 6.07) is 6.83. The molecule has 1 N–H and O–H groups in total.